The second kappa shape index (κ2) is 7.70. The second-order valence-electron chi connectivity index (χ2n) is 2.54. The molecule has 0 heterocycles. The summed E-state index contributed by atoms with van der Waals surface area (Å²) < 4.78 is 0. The van der Waals surface area contributed by atoms with Crippen molar-refractivity contribution < 1.29 is 9.59 Å². The molecule has 0 rings (SSSR count). The van der Waals surface area contributed by atoms with E-state index in [2.05, 4.69) is 23.7 Å². The average molecular weight is 192 g/mol. The molecule has 4 nitrogen and oxygen atoms in total. The minimum atomic E-state index is -0.374. The minimum Gasteiger partial charge on any atom is -0.370 e. The number of hydrogen-bond donors (Lipinski definition) is 2. The molecular formula is C10H12N2O2. The van der Waals surface area contributed by atoms with E-state index in [0.29, 0.717) is 12.8 Å². The van der Waals surface area contributed by atoms with Crippen LogP contribution in [0, 0.1) is 23.7 Å². The van der Waals surface area contributed by atoms with E-state index in [1.54, 1.807) is 0 Å². The summed E-state index contributed by atoms with van der Waals surface area (Å²) in [5, 5.41) is 0. The van der Waals surface area contributed by atoms with E-state index in [9.17, 15) is 9.59 Å². The highest BCUT2D eigenvalue weighted by Gasteiger charge is 1.88. The molecule has 0 unspecified atom stereocenters. The summed E-state index contributed by atoms with van der Waals surface area (Å²) in [6.45, 7) is 0. The summed E-state index contributed by atoms with van der Waals surface area (Å²) in [6, 6.07) is 0. The maximum Gasteiger partial charge on any atom is 0.218 e. The Labute approximate surface area is 83.0 Å². The van der Waals surface area contributed by atoms with Gasteiger partial charge in [-0.15, -0.1) is 0 Å². The fourth-order valence-electron chi connectivity index (χ4n) is 0.585. The molecule has 0 radical (unpaired) electrons. The van der Waals surface area contributed by atoms with Gasteiger partial charge in [-0.2, -0.15) is 0 Å². The van der Waals surface area contributed by atoms with Crippen molar-refractivity contribution in [1.82, 2.24) is 0 Å². The van der Waals surface area contributed by atoms with E-state index < -0.39 is 0 Å². The zero-order valence-electron chi connectivity index (χ0n) is 7.80. The van der Waals surface area contributed by atoms with Gasteiger partial charge in [0.2, 0.25) is 11.8 Å². The van der Waals surface area contributed by atoms with Gasteiger partial charge in [-0.25, -0.2) is 0 Å². The molecule has 0 aromatic heterocycles. The SMILES string of the molecule is NC(=O)CCC#CC#CCCC(N)=O. The van der Waals surface area contributed by atoms with Crippen molar-refractivity contribution in [3.63, 3.8) is 0 Å². The number of carbonyl (C=O) groups excluding carboxylic acids is 2. The smallest absolute Gasteiger partial charge is 0.218 e. The molecular weight excluding hydrogens is 180 g/mol. The summed E-state index contributed by atoms with van der Waals surface area (Å²) >= 11 is 0. The summed E-state index contributed by atoms with van der Waals surface area (Å²) in [5.74, 6) is 9.67. The third-order valence-electron chi connectivity index (χ3n) is 1.23. The number of amides is 2. The van der Waals surface area contributed by atoms with Crippen LogP contribution in [-0.2, 0) is 9.59 Å². The zero-order chi connectivity index (χ0) is 10.8. The third kappa shape index (κ3) is 10.1. The molecule has 0 spiro atoms. The predicted molar refractivity (Wildman–Crippen MR) is 52.4 cm³/mol. The van der Waals surface area contributed by atoms with E-state index in [1.807, 2.05) is 0 Å². The van der Waals surface area contributed by atoms with Gasteiger partial charge in [0.1, 0.15) is 0 Å². The molecule has 14 heavy (non-hydrogen) atoms. The normalized spacial score (nSPS) is 7.71. The van der Waals surface area contributed by atoms with Crippen LogP contribution in [0.5, 0.6) is 0 Å². The van der Waals surface area contributed by atoms with E-state index >= 15 is 0 Å². The van der Waals surface area contributed by atoms with Crippen molar-refractivity contribution >= 4 is 11.8 Å². The maximum absolute atomic E-state index is 10.3. The lowest BCUT2D eigenvalue weighted by atomic mass is 10.3. The quantitative estimate of drug-likeness (QED) is 0.589. The lowest BCUT2D eigenvalue weighted by molar-refractivity contribution is -0.118. The molecule has 2 amide bonds. The molecule has 0 aromatic rings. The number of rotatable bonds is 4. The standard InChI is InChI=1S/C10H12N2O2/c11-9(13)7-5-3-1-2-4-6-8-10(12)14/h5-8H2,(H2,11,13)(H2,12,14). The molecule has 0 aliphatic heterocycles. The van der Waals surface area contributed by atoms with Gasteiger partial charge in [0.25, 0.3) is 0 Å². The van der Waals surface area contributed by atoms with Crippen molar-refractivity contribution in [2.75, 3.05) is 0 Å². The van der Waals surface area contributed by atoms with Crippen molar-refractivity contribution in [3.05, 3.63) is 0 Å². The highest BCUT2D eigenvalue weighted by atomic mass is 16.1. The first-order chi connectivity index (χ1) is 6.63. The van der Waals surface area contributed by atoms with Crippen LogP contribution in [0.15, 0.2) is 0 Å². The number of carbonyl (C=O) groups is 2. The van der Waals surface area contributed by atoms with Crippen LogP contribution in [-0.4, -0.2) is 11.8 Å². The Morgan fingerprint density at radius 2 is 1.21 bits per heavy atom. The maximum atomic E-state index is 10.3. The number of nitrogens with two attached hydrogens (primary N) is 2. The van der Waals surface area contributed by atoms with Gasteiger partial charge >= 0.3 is 0 Å². The van der Waals surface area contributed by atoms with Crippen LogP contribution < -0.4 is 11.5 Å². The van der Waals surface area contributed by atoms with Crippen molar-refractivity contribution in [2.45, 2.75) is 25.7 Å². The molecule has 0 bridgehead atoms. The number of hydrogen-bond acceptors (Lipinski definition) is 2. The number of primary amides is 2. The van der Waals surface area contributed by atoms with E-state index in [-0.39, 0.29) is 24.7 Å². The lowest BCUT2D eigenvalue weighted by Crippen LogP contribution is -2.09. The topological polar surface area (TPSA) is 86.2 Å². The molecule has 4 N–H and O–H groups in total. The largest absolute Gasteiger partial charge is 0.370 e. The van der Waals surface area contributed by atoms with Gasteiger partial charge in [0, 0.05) is 25.7 Å². The van der Waals surface area contributed by atoms with Crippen LogP contribution in [0.2, 0.25) is 0 Å². The van der Waals surface area contributed by atoms with Gasteiger partial charge in [-0.1, -0.05) is 11.8 Å². The Bertz CT molecular complexity index is 292. The second-order valence-corrected chi connectivity index (χ2v) is 2.54. The van der Waals surface area contributed by atoms with E-state index in [4.69, 9.17) is 11.5 Å². The summed E-state index contributed by atoms with van der Waals surface area (Å²) in [5.41, 5.74) is 9.79. The van der Waals surface area contributed by atoms with Gasteiger partial charge in [0.15, 0.2) is 0 Å². The van der Waals surface area contributed by atoms with E-state index in [1.165, 1.54) is 0 Å². The first kappa shape index (κ1) is 12.1. The first-order valence-corrected chi connectivity index (χ1v) is 4.15. The first-order valence-electron chi connectivity index (χ1n) is 4.15. The Kier molecular flexibility index (Phi) is 6.63. The molecule has 0 aliphatic carbocycles. The fourth-order valence-corrected chi connectivity index (χ4v) is 0.585. The van der Waals surface area contributed by atoms with Crippen LogP contribution >= 0.6 is 0 Å². The average Bonchev–Trinajstić information content (AvgIpc) is 2.08. The molecule has 0 saturated heterocycles. The molecule has 4 heteroatoms. The van der Waals surface area contributed by atoms with Gasteiger partial charge in [-0.3, -0.25) is 9.59 Å². The third-order valence-corrected chi connectivity index (χ3v) is 1.23. The van der Waals surface area contributed by atoms with Crippen LogP contribution in [0.1, 0.15) is 25.7 Å². The molecule has 0 atom stereocenters. The monoisotopic (exact) mass is 192 g/mol. The van der Waals surface area contributed by atoms with Crippen molar-refractivity contribution in [3.8, 4) is 23.7 Å². The van der Waals surface area contributed by atoms with Crippen molar-refractivity contribution in [2.24, 2.45) is 11.5 Å². The van der Waals surface area contributed by atoms with Crippen molar-refractivity contribution in [1.29, 1.82) is 0 Å². The lowest BCUT2D eigenvalue weighted by Gasteiger charge is -1.83. The zero-order valence-corrected chi connectivity index (χ0v) is 7.80. The molecule has 0 aromatic carbocycles. The molecule has 74 valence electrons. The Morgan fingerprint density at radius 1 is 0.857 bits per heavy atom. The molecule has 0 fully saturated rings. The Morgan fingerprint density at radius 3 is 1.50 bits per heavy atom. The van der Waals surface area contributed by atoms with E-state index in [0.717, 1.165) is 0 Å². The van der Waals surface area contributed by atoms with Gasteiger partial charge < -0.3 is 11.5 Å². The van der Waals surface area contributed by atoms with Crippen LogP contribution in [0.3, 0.4) is 0 Å². The Balaban J connectivity index is 3.58. The van der Waals surface area contributed by atoms with Crippen LogP contribution in [0.25, 0.3) is 0 Å². The Hall–Kier alpha value is -1.94. The summed E-state index contributed by atoms with van der Waals surface area (Å²) in [6.07, 6.45) is 1.32. The molecule has 0 saturated carbocycles. The molecule has 0 aliphatic rings. The van der Waals surface area contributed by atoms with Crippen LogP contribution in [0.4, 0.5) is 0 Å². The summed E-state index contributed by atoms with van der Waals surface area (Å²) in [4.78, 5) is 20.6. The minimum absolute atomic E-state index is 0.246. The highest BCUT2D eigenvalue weighted by Crippen LogP contribution is 1.84. The fraction of sp³-hybridized carbons (Fsp3) is 0.400. The summed E-state index contributed by atoms with van der Waals surface area (Å²) in [7, 11) is 0. The van der Waals surface area contributed by atoms with Gasteiger partial charge in [-0.05, 0) is 11.8 Å². The highest BCUT2D eigenvalue weighted by molar-refractivity contribution is 5.74. The van der Waals surface area contributed by atoms with Gasteiger partial charge in [0.05, 0.1) is 0 Å². The predicted octanol–water partition coefficient (Wildman–Crippen LogP) is -0.476.